The zero-order valence-electron chi connectivity index (χ0n) is 16.2. The highest BCUT2D eigenvalue weighted by molar-refractivity contribution is 5.41. The number of hydrogen-bond donors (Lipinski definition) is 0. The Hall–Kier alpha value is -1.98. The van der Waals surface area contributed by atoms with Crippen molar-refractivity contribution < 1.29 is 4.74 Å². The van der Waals surface area contributed by atoms with E-state index in [0.29, 0.717) is 6.61 Å². The maximum Gasteiger partial charge on any atom is 0.225 e. The van der Waals surface area contributed by atoms with Crippen molar-refractivity contribution in [3.05, 3.63) is 52.3 Å². The SMILES string of the molecule is Cc1ccc(CN2CC[C@@]3(COCc4c(C)nc(N(C)C)nc43)C2)cc1. The van der Waals surface area contributed by atoms with Gasteiger partial charge in [0.15, 0.2) is 0 Å². The fourth-order valence-electron chi connectivity index (χ4n) is 4.17. The number of benzene rings is 1. The molecule has 0 saturated carbocycles. The Balaban J connectivity index is 1.61. The fraction of sp³-hybridized carbons (Fsp3) is 0.524. The molecular formula is C21H28N4O. The number of aryl methyl sites for hydroxylation is 2. The summed E-state index contributed by atoms with van der Waals surface area (Å²) < 4.78 is 6.01. The van der Waals surface area contributed by atoms with Gasteiger partial charge in [0.25, 0.3) is 0 Å². The maximum absolute atomic E-state index is 6.01. The highest BCUT2D eigenvalue weighted by Gasteiger charge is 2.45. The van der Waals surface area contributed by atoms with E-state index in [4.69, 9.17) is 9.72 Å². The van der Waals surface area contributed by atoms with E-state index in [1.165, 1.54) is 22.4 Å². The van der Waals surface area contributed by atoms with Crippen LogP contribution in [0.4, 0.5) is 5.95 Å². The molecule has 1 aromatic heterocycles. The van der Waals surface area contributed by atoms with E-state index in [1.54, 1.807) is 0 Å². The normalized spacial score (nSPS) is 22.6. The zero-order valence-corrected chi connectivity index (χ0v) is 16.2. The van der Waals surface area contributed by atoms with Gasteiger partial charge in [-0.2, -0.15) is 0 Å². The number of aromatic nitrogens is 2. The maximum atomic E-state index is 6.01. The van der Waals surface area contributed by atoms with Gasteiger partial charge in [-0.3, -0.25) is 4.90 Å². The molecule has 5 heteroatoms. The van der Waals surface area contributed by atoms with Crippen LogP contribution in [0.3, 0.4) is 0 Å². The van der Waals surface area contributed by atoms with Crippen LogP contribution in [0.5, 0.6) is 0 Å². The lowest BCUT2D eigenvalue weighted by atomic mass is 9.80. The van der Waals surface area contributed by atoms with E-state index < -0.39 is 0 Å². The number of likely N-dealkylation sites (tertiary alicyclic amines) is 1. The van der Waals surface area contributed by atoms with Gasteiger partial charge in [0.2, 0.25) is 5.95 Å². The number of rotatable bonds is 3. The molecule has 2 aromatic rings. The minimum Gasteiger partial charge on any atom is -0.376 e. The van der Waals surface area contributed by atoms with Crippen molar-refractivity contribution in [3.63, 3.8) is 0 Å². The minimum absolute atomic E-state index is 0.00323. The van der Waals surface area contributed by atoms with Crippen LogP contribution < -0.4 is 4.90 Å². The summed E-state index contributed by atoms with van der Waals surface area (Å²) in [6.07, 6.45) is 1.09. The van der Waals surface area contributed by atoms with Crippen LogP contribution in [-0.4, -0.2) is 48.7 Å². The second-order valence-electron chi connectivity index (χ2n) is 8.05. The third kappa shape index (κ3) is 3.10. The lowest BCUT2D eigenvalue weighted by molar-refractivity contribution is 0.0498. The summed E-state index contributed by atoms with van der Waals surface area (Å²) in [6, 6.07) is 8.87. The fourth-order valence-corrected chi connectivity index (χ4v) is 4.17. The van der Waals surface area contributed by atoms with E-state index >= 15 is 0 Å². The summed E-state index contributed by atoms with van der Waals surface area (Å²) in [4.78, 5) is 14.2. The molecule has 2 aliphatic rings. The Morgan fingerprint density at radius 2 is 1.92 bits per heavy atom. The van der Waals surface area contributed by atoms with Gasteiger partial charge >= 0.3 is 0 Å². The van der Waals surface area contributed by atoms with E-state index in [9.17, 15) is 0 Å². The molecule has 5 nitrogen and oxygen atoms in total. The van der Waals surface area contributed by atoms with Gasteiger partial charge in [0.05, 0.1) is 24.3 Å². The van der Waals surface area contributed by atoms with Gasteiger partial charge in [-0.1, -0.05) is 29.8 Å². The number of hydrogen-bond acceptors (Lipinski definition) is 5. The van der Waals surface area contributed by atoms with Crippen LogP contribution in [0.2, 0.25) is 0 Å². The van der Waals surface area contributed by atoms with Crippen LogP contribution in [0, 0.1) is 13.8 Å². The van der Waals surface area contributed by atoms with Gasteiger partial charge in [-0.05, 0) is 32.4 Å². The monoisotopic (exact) mass is 352 g/mol. The third-order valence-electron chi connectivity index (χ3n) is 5.69. The average Bonchev–Trinajstić information content (AvgIpc) is 3.01. The average molecular weight is 352 g/mol. The summed E-state index contributed by atoms with van der Waals surface area (Å²) >= 11 is 0. The molecule has 0 unspecified atom stereocenters. The first-order chi connectivity index (χ1) is 12.5. The van der Waals surface area contributed by atoms with Gasteiger partial charge in [-0.15, -0.1) is 0 Å². The number of nitrogens with zero attached hydrogens (tertiary/aromatic N) is 4. The molecule has 1 spiro atoms. The standard InChI is InChI=1S/C21H28N4O/c1-15-5-7-17(8-6-15)11-25-10-9-21(13-25)14-26-12-18-16(2)22-20(24(3)4)23-19(18)21/h5-8H,9-14H2,1-4H3/t21-/m0/s1. The number of anilines is 1. The Kier molecular flexibility index (Phi) is 4.45. The molecule has 0 N–H and O–H groups in total. The molecule has 0 radical (unpaired) electrons. The van der Waals surface area contributed by atoms with Crippen LogP contribution in [0.1, 0.15) is 34.5 Å². The van der Waals surface area contributed by atoms with Crippen molar-refractivity contribution in [1.82, 2.24) is 14.9 Å². The van der Waals surface area contributed by atoms with Crippen molar-refractivity contribution in [1.29, 1.82) is 0 Å². The second kappa shape index (κ2) is 6.63. The molecule has 4 rings (SSSR count). The molecule has 1 aromatic carbocycles. The van der Waals surface area contributed by atoms with Crippen LogP contribution in [0.25, 0.3) is 0 Å². The molecule has 0 bridgehead atoms. The Morgan fingerprint density at radius 1 is 1.15 bits per heavy atom. The summed E-state index contributed by atoms with van der Waals surface area (Å²) in [6.45, 7) is 8.67. The Bertz CT molecular complexity index is 802. The Labute approximate surface area is 156 Å². The second-order valence-corrected chi connectivity index (χ2v) is 8.05. The first kappa shape index (κ1) is 17.4. The van der Waals surface area contributed by atoms with Gasteiger partial charge in [-0.25, -0.2) is 9.97 Å². The predicted molar refractivity (Wildman–Crippen MR) is 104 cm³/mol. The molecule has 1 fully saturated rings. The molecule has 3 heterocycles. The summed E-state index contributed by atoms with van der Waals surface area (Å²) in [7, 11) is 4.01. The lowest BCUT2D eigenvalue weighted by Crippen LogP contribution is -2.41. The third-order valence-corrected chi connectivity index (χ3v) is 5.69. The van der Waals surface area contributed by atoms with E-state index in [1.807, 2.05) is 19.0 Å². The van der Waals surface area contributed by atoms with Crippen molar-refractivity contribution in [2.45, 2.75) is 38.8 Å². The van der Waals surface area contributed by atoms with Crippen LogP contribution in [0.15, 0.2) is 24.3 Å². The van der Waals surface area contributed by atoms with Gasteiger partial charge in [0.1, 0.15) is 0 Å². The molecule has 1 atom stereocenters. The van der Waals surface area contributed by atoms with E-state index in [2.05, 4.69) is 48.0 Å². The minimum atomic E-state index is -0.00323. The molecule has 1 saturated heterocycles. The predicted octanol–water partition coefficient (Wildman–Crippen LogP) is 2.83. The summed E-state index contributed by atoms with van der Waals surface area (Å²) in [5.74, 6) is 0.805. The smallest absolute Gasteiger partial charge is 0.225 e. The highest BCUT2D eigenvalue weighted by Crippen LogP contribution is 2.40. The van der Waals surface area contributed by atoms with Crippen LogP contribution in [-0.2, 0) is 23.3 Å². The first-order valence-electron chi connectivity index (χ1n) is 9.38. The highest BCUT2D eigenvalue weighted by atomic mass is 16.5. The lowest BCUT2D eigenvalue weighted by Gasteiger charge is -2.35. The summed E-state index contributed by atoms with van der Waals surface area (Å²) in [5, 5.41) is 0. The molecule has 2 aliphatic heterocycles. The van der Waals surface area contributed by atoms with E-state index in [-0.39, 0.29) is 5.41 Å². The van der Waals surface area contributed by atoms with Crippen molar-refractivity contribution in [2.75, 3.05) is 38.7 Å². The van der Waals surface area contributed by atoms with Crippen molar-refractivity contribution >= 4 is 5.95 Å². The van der Waals surface area contributed by atoms with Gasteiger partial charge in [0, 0.05) is 38.4 Å². The summed E-state index contributed by atoms with van der Waals surface area (Å²) in [5.41, 5.74) is 6.14. The van der Waals surface area contributed by atoms with Crippen molar-refractivity contribution in [2.24, 2.45) is 0 Å². The van der Waals surface area contributed by atoms with Gasteiger partial charge < -0.3 is 9.64 Å². The molecule has 0 aliphatic carbocycles. The zero-order chi connectivity index (χ0) is 18.3. The molecular weight excluding hydrogens is 324 g/mol. The van der Waals surface area contributed by atoms with Crippen LogP contribution >= 0.6 is 0 Å². The molecule has 138 valence electrons. The quantitative estimate of drug-likeness (QED) is 0.850. The Morgan fingerprint density at radius 3 is 2.65 bits per heavy atom. The topological polar surface area (TPSA) is 41.5 Å². The first-order valence-corrected chi connectivity index (χ1v) is 9.38. The van der Waals surface area contributed by atoms with E-state index in [0.717, 1.165) is 44.3 Å². The number of ether oxygens (including phenoxy) is 1. The number of fused-ring (bicyclic) bond motifs is 2. The molecule has 26 heavy (non-hydrogen) atoms. The largest absolute Gasteiger partial charge is 0.376 e. The van der Waals surface area contributed by atoms with Crippen molar-refractivity contribution in [3.8, 4) is 0 Å². The molecule has 0 amide bonds.